The molecule has 1 aromatic carbocycles. The monoisotopic (exact) mass is 293 g/mol. The zero-order valence-corrected chi connectivity index (χ0v) is 12.4. The zero-order chi connectivity index (χ0) is 15.7. The second-order valence-corrected chi connectivity index (χ2v) is 5.62. The molecule has 114 valence electrons. The van der Waals surface area contributed by atoms with Crippen molar-refractivity contribution in [2.75, 3.05) is 11.9 Å². The van der Waals surface area contributed by atoms with Crippen LogP contribution in [0.3, 0.4) is 0 Å². The minimum absolute atomic E-state index is 0.0117. The molecule has 0 radical (unpaired) electrons. The van der Waals surface area contributed by atoms with E-state index in [1.807, 2.05) is 13.8 Å². The van der Waals surface area contributed by atoms with E-state index in [1.54, 1.807) is 11.8 Å². The van der Waals surface area contributed by atoms with Crippen LogP contribution in [-0.4, -0.2) is 35.3 Å². The molecular formula is C15H20FN3O2. The molecule has 1 fully saturated rings. The number of amides is 2. The molecule has 0 spiro atoms. The number of carbonyl (C=O) groups is 2. The van der Waals surface area contributed by atoms with Crippen molar-refractivity contribution in [3.8, 4) is 0 Å². The van der Waals surface area contributed by atoms with Gasteiger partial charge in [0.05, 0.1) is 5.56 Å². The van der Waals surface area contributed by atoms with E-state index in [2.05, 4.69) is 5.32 Å². The van der Waals surface area contributed by atoms with E-state index in [1.165, 1.54) is 6.07 Å². The number of likely N-dealkylation sites (tertiary alicyclic amines) is 1. The van der Waals surface area contributed by atoms with Crippen molar-refractivity contribution < 1.29 is 14.0 Å². The average Bonchev–Trinajstić information content (AvgIpc) is 2.75. The maximum absolute atomic E-state index is 13.6. The van der Waals surface area contributed by atoms with E-state index in [0.29, 0.717) is 24.2 Å². The zero-order valence-electron chi connectivity index (χ0n) is 12.4. The number of aryl methyl sites for hydroxylation is 1. The molecule has 2 amide bonds. The van der Waals surface area contributed by atoms with Crippen molar-refractivity contribution in [1.82, 2.24) is 4.90 Å². The first-order valence-corrected chi connectivity index (χ1v) is 6.98. The Balaban J connectivity index is 2.26. The predicted octanol–water partition coefficient (Wildman–Crippen LogP) is 1.65. The fourth-order valence-corrected chi connectivity index (χ4v) is 2.54. The van der Waals surface area contributed by atoms with E-state index in [0.717, 1.165) is 6.07 Å². The normalized spacial score (nSPS) is 18.4. The summed E-state index contributed by atoms with van der Waals surface area (Å²) >= 11 is 0. The number of carbonyl (C=O) groups excluding carboxylic acids is 2. The third kappa shape index (κ3) is 2.99. The number of rotatable bonds is 4. The van der Waals surface area contributed by atoms with E-state index < -0.39 is 17.8 Å². The van der Waals surface area contributed by atoms with Gasteiger partial charge in [-0.15, -0.1) is 0 Å². The molecule has 6 heteroatoms. The summed E-state index contributed by atoms with van der Waals surface area (Å²) in [6.07, 6.45) is 0.644. The summed E-state index contributed by atoms with van der Waals surface area (Å²) in [6, 6.07) is 2.35. The van der Waals surface area contributed by atoms with Crippen LogP contribution in [0, 0.1) is 12.7 Å². The molecule has 1 saturated heterocycles. The third-order valence-corrected chi connectivity index (χ3v) is 3.76. The molecule has 0 saturated carbocycles. The molecule has 2 rings (SSSR count). The summed E-state index contributed by atoms with van der Waals surface area (Å²) in [4.78, 5) is 25.5. The fraction of sp³-hybridized carbons (Fsp3) is 0.467. The Kier molecular flexibility index (Phi) is 4.16. The third-order valence-electron chi connectivity index (χ3n) is 3.76. The van der Waals surface area contributed by atoms with Crippen LogP contribution in [0.1, 0.15) is 36.2 Å². The molecule has 1 aliphatic heterocycles. The lowest BCUT2D eigenvalue weighted by Crippen LogP contribution is -2.37. The van der Waals surface area contributed by atoms with E-state index >= 15 is 0 Å². The molecule has 3 N–H and O–H groups in total. The number of nitrogens with one attached hydrogen (secondary N) is 1. The van der Waals surface area contributed by atoms with Gasteiger partial charge in [-0.3, -0.25) is 9.59 Å². The Morgan fingerprint density at radius 2 is 2.14 bits per heavy atom. The van der Waals surface area contributed by atoms with Gasteiger partial charge in [0.2, 0.25) is 5.91 Å². The summed E-state index contributed by atoms with van der Waals surface area (Å²) in [5, 5.41) is 3.03. The van der Waals surface area contributed by atoms with Gasteiger partial charge in [0.25, 0.3) is 5.91 Å². The highest BCUT2D eigenvalue weighted by Gasteiger charge is 2.33. The van der Waals surface area contributed by atoms with Crippen molar-refractivity contribution in [1.29, 1.82) is 0 Å². The molecule has 1 aromatic rings. The standard InChI is InChI=1S/C15H20FN3O2/c1-8(2)19-5-4-12(15(19)21)18-13-6-9(3)11(16)7-10(13)14(17)20/h6-8,12,18H,4-5H2,1-3H3,(H2,17,20)/t12-/m0/s1. The minimum Gasteiger partial charge on any atom is -0.373 e. The number of benzene rings is 1. The molecule has 21 heavy (non-hydrogen) atoms. The molecule has 5 nitrogen and oxygen atoms in total. The highest BCUT2D eigenvalue weighted by atomic mass is 19.1. The van der Waals surface area contributed by atoms with Crippen LogP contribution in [0.2, 0.25) is 0 Å². The van der Waals surface area contributed by atoms with Gasteiger partial charge in [-0.2, -0.15) is 0 Å². The first-order chi connectivity index (χ1) is 9.81. The van der Waals surface area contributed by atoms with Crippen molar-refractivity contribution in [3.63, 3.8) is 0 Å². The Bertz CT molecular complexity index is 587. The SMILES string of the molecule is Cc1cc(N[C@H]2CCN(C(C)C)C2=O)c(C(N)=O)cc1F. The van der Waals surface area contributed by atoms with Gasteiger partial charge >= 0.3 is 0 Å². The van der Waals surface area contributed by atoms with Crippen molar-refractivity contribution in [2.24, 2.45) is 5.73 Å². The number of hydrogen-bond donors (Lipinski definition) is 2. The highest BCUT2D eigenvalue weighted by Crippen LogP contribution is 2.24. The van der Waals surface area contributed by atoms with E-state index in [4.69, 9.17) is 5.73 Å². The highest BCUT2D eigenvalue weighted by molar-refractivity contribution is 5.99. The molecule has 1 aliphatic rings. The van der Waals surface area contributed by atoms with Crippen LogP contribution < -0.4 is 11.1 Å². The maximum atomic E-state index is 13.6. The van der Waals surface area contributed by atoms with Crippen molar-refractivity contribution >= 4 is 17.5 Å². The van der Waals surface area contributed by atoms with Crippen LogP contribution in [0.25, 0.3) is 0 Å². The smallest absolute Gasteiger partial charge is 0.250 e. The Morgan fingerprint density at radius 1 is 1.48 bits per heavy atom. The molecule has 1 atom stereocenters. The lowest BCUT2D eigenvalue weighted by molar-refractivity contribution is -0.129. The Labute approximate surface area is 123 Å². The van der Waals surface area contributed by atoms with Gasteiger partial charge in [-0.1, -0.05) is 0 Å². The summed E-state index contributed by atoms with van der Waals surface area (Å²) in [6.45, 7) is 6.18. The molecule has 1 heterocycles. The second kappa shape index (κ2) is 5.71. The van der Waals surface area contributed by atoms with Crippen LogP contribution in [-0.2, 0) is 4.79 Å². The van der Waals surface area contributed by atoms with Crippen LogP contribution in [0.4, 0.5) is 10.1 Å². The topological polar surface area (TPSA) is 75.4 Å². The molecular weight excluding hydrogens is 273 g/mol. The van der Waals surface area contributed by atoms with Gasteiger partial charge in [-0.25, -0.2) is 4.39 Å². The summed E-state index contributed by atoms with van der Waals surface area (Å²) < 4.78 is 13.6. The molecule has 0 aliphatic carbocycles. The fourth-order valence-electron chi connectivity index (χ4n) is 2.54. The van der Waals surface area contributed by atoms with Crippen LogP contribution in [0.15, 0.2) is 12.1 Å². The summed E-state index contributed by atoms with van der Waals surface area (Å²) in [7, 11) is 0. The average molecular weight is 293 g/mol. The van der Waals surface area contributed by atoms with E-state index in [-0.39, 0.29) is 17.5 Å². The largest absolute Gasteiger partial charge is 0.373 e. The van der Waals surface area contributed by atoms with Crippen molar-refractivity contribution in [2.45, 2.75) is 39.3 Å². The predicted molar refractivity (Wildman–Crippen MR) is 78.5 cm³/mol. The lowest BCUT2D eigenvalue weighted by Gasteiger charge is -2.22. The molecule has 0 aromatic heterocycles. The van der Waals surface area contributed by atoms with Gasteiger partial charge in [-0.05, 0) is 44.9 Å². The van der Waals surface area contributed by atoms with Gasteiger partial charge in [0, 0.05) is 18.3 Å². The molecule has 0 unspecified atom stereocenters. The Hall–Kier alpha value is -2.11. The number of nitrogens with zero attached hydrogens (tertiary/aromatic N) is 1. The number of hydrogen-bond acceptors (Lipinski definition) is 3. The van der Waals surface area contributed by atoms with Gasteiger partial charge < -0.3 is 16.0 Å². The number of halogens is 1. The quantitative estimate of drug-likeness (QED) is 0.886. The van der Waals surface area contributed by atoms with Crippen LogP contribution >= 0.6 is 0 Å². The first kappa shape index (κ1) is 15.3. The number of nitrogens with two attached hydrogens (primary N) is 1. The lowest BCUT2D eigenvalue weighted by atomic mass is 10.1. The van der Waals surface area contributed by atoms with Gasteiger partial charge in [0.15, 0.2) is 0 Å². The van der Waals surface area contributed by atoms with Gasteiger partial charge in [0.1, 0.15) is 11.9 Å². The number of anilines is 1. The van der Waals surface area contributed by atoms with E-state index in [9.17, 15) is 14.0 Å². The maximum Gasteiger partial charge on any atom is 0.250 e. The van der Waals surface area contributed by atoms with Crippen LogP contribution in [0.5, 0.6) is 0 Å². The minimum atomic E-state index is -0.720. The molecule has 0 bridgehead atoms. The summed E-state index contributed by atoms with van der Waals surface area (Å²) in [5.41, 5.74) is 6.15. The number of primary amides is 1. The first-order valence-electron chi connectivity index (χ1n) is 6.98. The second-order valence-electron chi connectivity index (χ2n) is 5.62. The van der Waals surface area contributed by atoms with Crippen molar-refractivity contribution in [3.05, 3.63) is 29.1 Å². The Morgan fingerprint density at radius 3 is 2.67 bits per heavy atom. The summed E-state index contributed by atoms with van der Waals surface area (Å²) in [5.74, 6) is -1.22.